The van der Waals surface area contributed by atoms with Gasteiger partial charge in [0.15, 0.2) is 0 Å². The van der Waals surface area contributed by atoms with Gasteiger partial charge in [0.05, 0.1) is 17.7 Å². The topological polar surface area (TPSA) is 42.4 Å². The van der Waals surface area contributed by atoms with Crippen LogP contribution in [0.1, 0.15) is 17.8 Å². The first-order valence-corrected chi connectivity index (χ1v) is 6.29. The third-order valence-electron chi connectivity index (χ3n) is 3.35. The Morgan fingerprint density at radius 3 is 3.00 bits per heavy atom. The van der Waals surface area contributed by atoms with Gasteiger partial charge in [0.1, 0.15) is 6.29 Å². The van der Waals surface area contributed by atoms with Crippen LogP contribution in [0.2, 0.25) is 0 Å². The Morgan fingerprint density at radius 2 is 2.39 bits per heavy atom. The molecular weight excluding hydrogens is 228 g/mol. The predicted octanol–water partition coefficient (Wildman–Crippen LogP) is 1.43. The molecule has 1 unspecified atom stereocenters. The first-order chi connectivity index (χ1) is 8.63. The first-order valence-electron chi connectivity index (χ1n) is 6.29. The highest BCUT2D eigenvalue weighted by molar-refractivity contribution is 5.60. The lowest BCUT2D eigenvalue weighted by atomic mass is 9.89. The summed E-state index contributed by atoms with van der Waals surface area (Å²) >= 11 is 0. The molecule has 2 heterocycles. The quantitative estimate of drug-likeness (QED) is 0.739. The van der Waals surface area contributed by atoms with Crippen molar-refractivity contribution >= 4 is 6.29 Å². The number of pyridine rings is 1. The van der Waals surface area contributed by atoms with E-state index in [1.165, 1.54) is 0 Å². The SMILES string of the molecule is Cc1cccc(CN(C)CC2(C=O)CCOC2)n1. The van der Waals surface area contributed by atoms with Crippen molar-refractivity contribution in [2.75, 3.05) is 26.8 Å². The van der Waals surface area contributed by atoms with Crippen LogP contribution in [0.5, 0.6) is 0 Å². The van der Waals surface area contributed by atoms with E-state index in [0.29, 0.717) is 13.2 Å². The molecule has 2 rings (SSSR count). The summed E-state index contributed by atoms with van der Waals surface area (Å²) in [7, 11) is 2.02. The molecule has 98 valence electrons. The van der Waals surface area contributed by atoms with E-state index in [2.05, 4.69) is 9.88 Å². The van der Waals surface area contributed by atoms with Crippen LogP contribution in [-0.2, 0) is 16.1 Å². The third-order valence-corrected chi connectivity index (χ3v) is 3.35. The molecule has 1 aliphatic rings. The maximum atomic E-state index is 11.2. The Balaban J connectivity index is 1.96. The number of hydrogen-bond acceptors (Lipinski definition) is 4. The molecule has 0 aromatic carbocycles. The molecule has 0 amide bonds. The Hall–Kier alpha value is -1.26. The van der Waals surface area contributed by atoms with Gasteiger partial charge >= 0.3 is 0 Å². The molecule has 0 N–H and O–H groups in total. The fourth-order valence-electron chi connectivity index (χ4n) is 2.44. The number of ether oxygens (including phenoxy) is 1. The Kier molecular flexibility index (Phi) is 4.09. The molecule has 1 fully saturated rings. The van der Waals surface area contributed by atoms with Gasteiger partial charge in [-0.2, -0.15) is 0 Å². The van der Waals surface area contributed by atoms with E-state index in [1.54, 1.807) is 0 Å². The second-order valence-corrected chi connectivity index (χ2v) is 5.23. The molecular formula is C14H20N2O2. The van der Waals surface area contributed by atoms with Gasteiger partial charge in [-0.05, 0) is 32.5 Å². The highest BCUT2D eigenvalue weighted by atomic mass is 16.5. The molecule has 0 saturated carbocycles. The van der Waals surface area contributed by atoms with E-state index in [1.807, 2.05) is 32.2 Å². The average molecular weight is 248 g/mol. The molecule has 1 aromatic heterocycles. The van der Waals surface area contributed by atoms with Crippen LogP contribution in [0.25, 0.3) is 0 Å². The molecule has 0 aliphatic carbocycles. The van der Waals surface area contributed by atoms with Gasteiger partial charge in [0.25, 0.3) is 0 Å². The second kappa shape index (κ2) is 5.59. The number of rotatable bonds is 5. The maximum Gasteiger partial charge on any atom is 0.129 e. The second-order valence-electron chi connectivity index (χ2n) is 5.23. The number of hydrogen-bond donors (Lipinski definition) is 0. The zero-order valence-electron chi connectivity index (χ0n) is 11.1. The molecule has 4 heteroatoms. The van der Waals surface area contributed by atoms with Crippen LogP contribution in [-0.4, -0.2) is 43.0 Å². The van der Waals surface area contributed by atoms with Crippen molar-refractivity contribution in [1.29, 1.82) is 0 Å². The minimum absolute atomic E-state index is 0.321. The summed E-state index contributed by atoms with van der Waals surface area (Å²) in [6.07, 6.45) is 1.88. The minimum atomic E-state index is -0.321. The smallest absolute Gasteiger partial charge is 0.129 e. The van der Waals surface area contributed by atoms with Gasteiger partial charge in [0, 0.05) is 25.4 Å². The van der Waals surface area contributed by atoms with E-state index >= 15 is 0 Å². The fraction of sp³-hybridized carbons (Fsp3) is 0.571. The van der Waals surface area contributed by atoms with Crippen molar-refractivity contribution in [3.05, 3.63) is 29.6 Å². The first kappa shape index (κ1) is 13.2. The van der Waals surface area contributed by atoms with Crippen molar-refractivity contribution in [2.24, 2.45) is 5.41 Å². The normalized spacial score (nSPS) is 23.5. The summed E-state index contributed by atoms with van der Waals surface area (Å²) in [5.41, 5.74) is 1.74. The van der Waals surface area contributed by atoms with Crippen molar-refractivity contribution in [3.63, 3.8) is 0 Å². The molecule has 0 bridgehead atoms. The van der Waals surface area contributed by atoms with Gasteiger partial charge in [-0.15, -0.1) is 0 Å². The average Bonchev–Trinajstić information content (AvgIpc) is 2.78. The van der Waals surface area contributed by atoms with Crippen LogP contribution < -0.4 is 0 Å². The lowest BCUT2D eigenvalue weighted by molar-refractivity contribution is -0.117. The highest BCUT2D eigenvalue weighted by Crippen LogP contribution is 2.27. The number of aldehydes is 1. The van der Waals surface area contributed by atoms with Crippen molar-refractivity contribution < 1.29 is 9.53 Å². The van der Waals surface area contributed by atoms with E-state index in [0.717, 1.165) is 37.2 Å². The lowest BCUT2D eigenvalue weighted by Crippen LogP contribution is -2.37. The monoisotopic (exact) mass is 248 g/mol. The molecule has 18 heavy (non-hydrogen) atoms. The molecule has 1 aromatic rings. The zero-order chi connectivity index (χ0) is 13.0. The Bertz CT molecular complexity index is 414. The van der Waals surface area contributed by atoms with Crippen LogP contribution in [0.3, 0.4) is 0 Å². The molecule has 1 atom stereocenters. The van der Waals surface area contributed by atoms with Gasteiger partial charge in [-0.25, -0.2) is 0 Å². The molecule has 1 aliphatic heterocycles. The van der Waals surface area contributed by atoms with E-state index < -0.39 is 0 Å². The van der Waals surface area contributed by atoms with Crippen LogP contribution >= 0.6 is 0 Å². The summed E-state index contributed by atoms with van der Waals surface area (Å²) in [5.74, 6) is 0. The van der Waals surface area contributed by atoms with Gasteiger partial charge in [-0.1, -0.05) is 6.07 Å². The summed E-state index contributed by atoms with van der Waals surface area (Å²) in [4.78, 5) is 17.9. The van der Waals surface area contributed by atoms with Gasteiger partial charge in [-0.3, -0.25) is 9.88 Å². The predicted molar refractivity (Wildman–Crippen MR) is 69.2 cm³/mol. The summed E-state index contributed by atoms with van der Waals surface area (Å²) < 4.78 is 5.35. The van der Waals surface area contributed by atoms with Gasteiger partial charge in [0.2, 0.25) is 0 Å². The number of carbonyl (C=O) groups is 1. The lowest BCUT2D eigenvalue weighted by Gasteiger charge is -2.26. The number of aryl methyl sites for hydroxylation is 1. The molecule has 1 saturated heterocycles. The van der Waals surface area contributed by atoms with E-state index in [9.17, 15) is 4.79 Å². The molecule has 0 spiro atoms. The van der Waals surface area contributed by atoms with Gasteiger partial charge < -0.3 is 9.53 Å². The number of carbonyl (C=O) groups excluding carboxylic acids is 1. The highest BCUT2D eigenvalue weighted by Gasteiger charge is 2.35. The fourth-order valence-corrected chi connectivity index (χ4v) is 2.44. The van der Waals surface area contributed by atoms with Crippen molar-refractivity contribution in [2.45, 2.75) is 19.9 Å². The van der Waals surface area contributed by atoms with Crippen molar-refractivity contribution in [3.8, 4) is 0 Å². The molecule has 0 radical (unpaired) electrons. The standard InChI is InChI=1S/C14H20N2O2/c1-12-4-3-5-13(15-12)8-16(2)9-14(10-17)6-7-18-11-14/h3-5,10H,6-9,11H2,1-2H3. The van der Waals surface area contributed by atoms with E-state index in [-0.39, 0.29) is 5.41 Å². The number of aromatic nitrogens is 1. The summed E-state index contributed by atoms with van der Waals surface area (Å²) in [6.45, 7) is 4.71. The summed E-state index contributed by atoms with van der Waals surface area (Å²) in [6, 6.07) is 6.02. The van der Waals surface area contributed by atoms with E-state index in [4.69, 9.17) is 4.74 Å². The number of nitrogens with zero attached hydrogens (tertiary/aromatic N) is 2. The largest absolute Gasteiger partial charge is 0.380 e. The third kappa shape index (κ3) is 3.15. The van der Waals surface area contributed by atoms with Crippen LogP contribution in [0, 0.1) is 12.3 Å². The van der Waals surface area contributed by atoms with Crippen LogP contribution in [0.4, 0.5) is 0 Å². The van der Waals surface area contributed by atoms with Crippen LogP contribution in [0.15, 0.2) is 18.2 Å². The minimum Gasteiger partial charge on any atom is -0.380 e. The Labute approximate surface area is 108 Å². The zero-order valence-corrected chi connectivity index (χ0v) is 11.1. The maximum absolute atomic E-state index is 11.2. The van der Waals surface area contributed by atoms with Crippen molar-refractivity contribution in [1.82, 2.24) is 9.88 Å². The summed E-state index contributed by atoms with van der Waals surface area (Å²) in [5, 5.41) is 0. The molecule has 4 nitrogen and oxygen atoms in total. The Morgan fingerprint density at radius 1 is 1.56 bits per heavy atom.